The minimum Gasteiger partial charge on any atom is -0.300 e. The van der Waals surface area contributed by atoms with Gasteiger partial charge in [-0.15, -0.1) is 0 Å². The van der Waals surface area contributed by atoms with Crippen LogP contribution in [0.2, 0.25) is 0 Å². The Hall–Kier alpha value is -0.0800. The van der Waals surface area contributed by atoms with Crippen molar-refractivity contribution in [2.24, 2.45) is 5.92 Å². The molecule has 0 spiro atoms. The molecule has 0 aromatic heterocycles. The summed E-state index contributed by atoms with van der Waals surface area (Å²) in [5, 5.41) is 0. The molecule has 116 valence electrons. The van der Waals surface area contributed by atoms with E-state index in [9.17, 15) is 0 Å². The highest BCUT2D eigenvalue weighted by atomic mass is 15.2. The number of piperidine rings is 2. The van der Waals surface area contributed by atoms with Gasteiger partial charge in [0.2, 0.25) is 0 Å². The predicted octanol–water partition coefficient (Wildman–Crippen LogP) is 3.91. The molecule has 2 aliphatic heterocycles. The van der Waals surface area contributed by atoms with Gasteiger partial charge in [0.1, 0.15) is 0 Å². The molecule has 2 saturated heterocycles. The fourth-order valence-corrected chi connectivity index (χ4v) is 4.63. The molecule has 20 heavy (non-hydrogen) atoms. The second kappa shape index (κ2) is 7.26. The highest BCUT2D eigenvalue weighted by Gasteiger charge is 2.29. The zero-order chi connectivity index (χ0) is 13.8. The SMILES string of the molecule is CC1CCN(C2CCN(C3CCCCCC3)CC2)CC1. The van der Waals surface area contributed by atoms with Crippen molar-refractivity contribution in [3.63, 3.8) is 0 Å². The zero-order valence-electron chi connectivity index (χ0n) is 13.5. The van der Waals surface area contributed by atoms with Gasteiger partial charge in [-0.3, -0.25) is 0 Å². The third kappa shape index (κ3) is 3.76. The van der Waals surface area contributed by atoms with Crippen LogP contribution in [0.5, 0.6) is 0 Å². The first-order valence-corrected chi connectivity index (χ1v) is 9.31. The molecule has 0 aromatic carbocycles. The average molecular weight is 278 g/mol. The molecule has 2 heterocycles. The van der Waals surface area contributed by atoms with Crippen molar-refractivity contribution in [2.75, 3.05) is 26.2 Å². The summed E-state index contributed by atoms with van der Waals surface area (Å²) in [6.45, 7) is 7.92. The molecule has 1 saturated carbocycles. The average Bonchev–Trinajstić information content (AvgIpc) is 2.77. The highest BCUT2D eigenvalue weighted by Crippen LogP contribution is 2.27. The van der Waals surface area contributed by atoms with Gasteiger partial charge in [-0.25, -0.2) is 0 Å². The van der Waals surface area contributed by atoms with Crippen LogP contribution in [-0.4, -0.2) is 48.1 Å². The van der Waals surface area contributed by atoms with Gasteiger partial charge in [-0.05, 0) is 70.6 Å². The second-order valence-electron chi connectivity index (χ2n) is 7.63. The van der Waals surface area contributed by atoms with Gasteiger partial charge >= 0.3 is 0 Å². The normalized spacial score (nSPS) is 30.4. The van der Waals surface area contributed by atoms with E-state index in [1.165, 1.54) is 90.4 Å². The molecule has 0 bridgehead atoms. The third-order valence-electron chi connectivity index (χ3n) is 6.17. The fraction of sp³-hybridized carbons (Fsp3) is 1.00. The molecule has 0 unspecified atom stereocenters. The Balaban J connectivity index is 1.44. The van der Waals surface area contributed by atoms with Crippen LogP contribution in [-0.2, 0) is 0 Å². The Morgan fingerprint density at radius 3 is 1.55 bits per heavy atom. The number of likely N-dealkylation sites (tertiary alicyclic amines) is 2. The first-order chi connectivity index (χ1) is 9.83. The molecule has 3 rings (SSSR count). The van der Waals surface area contributed by atoms with Gasteiger partial charge in [0, 0.05) is 12.1 Å². The zero-order valence-corrected chi connectivity index (χ0v) is 13.5. The van der Waals surface area contributed by atoms with E-state index in [0.717, 1.165) is 18.0 Å². The van der Waals surface area contributed by atoms with Gasteiger partial charge < -0.3 is 9.80 Å². The van der Waals surface area contributed by atoms with Crippen LogP contribution >= 0.6 is 0 Å². The molecule has 0 radical (unpaired) electrons. The topological polar surface area (TPSA) is 6.48 Å². The van der Waals surface area contributed by atoms with E-state index in [2.05, 4.69) is 16.7 Å². The van der Waals surface area contributed by atoms with Crippen LogP contribution in [0.3, 0.4) is 0 Å². The minimum atomic E-state index is 0.907. The minimum absolute atomic E-state index is 0.907. The van der Waals surface area contributed by atoms with Crippen molar-refractivity contribution >= 4 is 0 Å². The summed E-state index contributed by atoms with van der Waals surface area (Å²) in [4.78, 5) is 5.65. The maximum absolute atomic E-state index is 2.84. The Morgan fingerprint density at radius 1 is 0.550 bits per heavy atom. The maximum atomic E-state index is 2.84. The van der Waals surface area contributed by atoms with E-state index in [4.69, 9.17) is 0 Å². The Kier molecular flexibility index (Phi) is 5.39. The fourth-order valence-electron chi connectivity index (χ4n) is 4.63. The second-order valence-corrected chi connectivity index (χ2v) is 7.63. The van der Waals surface area contributed by atoms with E-state index in [1.807, 2.05) is 0 Å². The van der Waals surface area contributed by atoms with E-state index < -0.39 is 0 Å². The summed E-state index contributed by atoms with van der Waals surface area (Å²) >= 11 is 0. The third-order valence-corrected chi connectivity index (χ3v) is 6.17. The van der Waals surface area contributed by atoms with Crippen molar-refractivity contribution in [2.45, 2.75) is 83.2 Å². The lowest BCUT2D eigenvalue weighted by atomic mass is 9.94. The van der Waals surface area contributed by atoms with Crippen LogP contribution in [0.4, 0.5) is 0 Å². The van der Waals surface area contributed by atoms with Crippen LogP contribution in [0, 0.1) is 5.92 Å². The van der Waals surface area contributed by atoms with E-state index >= 15 is 0 Å². The first-order valence-electron chi connectivity index (χ1n) is 9.31. The van der Waals surface area contributed by atoms with Gasteiger partial charge in [0.25, 0.3) is 0 Å². The Morgan fingerprint density at radius 2 is 1.00 bits per heavy atom. The summed E-state index contributed by atoms with van der Waals surface area (Å²) in [6.07, 6.45) is 14.6. The summed E-state index contributed by atoms with van der Waals surface area (Å²) in [7, 11) is 0. The van der Waals surface area contributed by atoms with Crippen molar-refractivity contribution in [1.82, 2.24) is 9.80 Å². The molecule has 0 N–H and O–H groups in total. The van der Waals surface area contributed by atoms with Gasteiger partial charge in [0.15, 0.2) is 0 Å². The molecular formula is C18H34N2. The number of rotatable bonds is 2. The highest BCUT2D eigenvalue weighted by molar-refractivity contribution is 4.85. The summed E-state index contributed by atoms with van der Waals surface area (Å²) in [6, 6.07) is 1.84. The van der Waals surface area contributed by atoms with E-state index in [1.54, 1.807) is 0 Å². The summed E-state index contributed by atoms with van der Waals surface area (Å²) in [5.41, 5.74) is 0. The first kappa shape index (κ1) is 14.8. The lowest BCUT2D eigenvalue weighted by molar-refractivity contribution is 0.0598. The lowest BCUT2D eigenvalue weighted by Gasteiger charge is -2.43. The van der Waals surface area contributed by atoms with Crippen LogP contribution in [0.1, 0.15) is 71.1 Å². The van der Waals surface area contributed by atoms with Crippen molar-refractivity contribution in [1.29, 1.82) is 0 Å². The van der Waals surface area contributed by atoms with Gasteiger partial charge in [-0.2, -0.15) is 0 Å². The Bertz CT molecular complexity index is 267. The standard InChI is InChI=1S/C18H34N2/c1-16-8-12-19(13-9-16)18-10-14-20(15-11-18)17-6-4-2-3-5-7-17/h16-18H,2-15H2,1H3. The number of hydrogen-bond acceptors (Lipinski definition) is 2. The molecule has 2 heteroatoms. The molecule has 1 aliphatic carbocycles. The molecule has 0 atom stereocenters. The monoisotopic (exact) mass is 278 g/mol. The number of nitrogens with zero attached hydrogens (tertiary/aromatic N) is 2. The van der Waals surface area contributed by atoms with Crippen LogP contribution < -0.4 is 0 Å². The van der Waals surface area contributed by atoms with E-state index in [0.29, 0.717) is 0 Å². The predicted molar refractivity (Wildman–Crippen MR) is 86.1 cm³/mol. The smallest absolute Gasteiger partial charge is 0.0120 e. The molecule has 0 amide bonds. The quantitative estimate of drug-likeness (QED) is 0.707. The summed E-state index contributed by atoms with van der Waals surface area (Å²) < 4.78 is 0. The molecular weight excluding hydrogens is 244 g/mol. The molecule has 0 aromatic rings. The molecule has 3 fully saturated rings. The van der Waals surface area contributed by atoms with Crippen molar-refractivity contribution < 1.29 is 0 Å². The van der Waals surface area contributed by atoms with E-state index in [-0.39, 0.29) is 0 Å². The maximum Gasteiger partial charge on any atom is 0.0120 e. The molecule has 2 nitrogen and oxygen atoms in total. The Labute approximate surface area is 125 Å². The van der Waals surface area contributed by atoms with Crippen LogP contribution in [0.15, 0.2) is 0 Å². The van der Waals surface area contributed by atoms with Gasteiger partial charge in [0.05, 0.1) is 0 Å². The van der Waals surface area contributed by atoms with Crippen molar-refractivity contribution in [3.8, 4) is 0 Å². The number of hydrogen-bond donors (Lipinski definition) is 0. The van der Waals surface area contributed by atoms with Crippen LogP contribution in [0.25, 0.3) is 0 Å². The van der Waals surface area contributed by atoms with Crippen molar-refractivity contribution in [3.05, 3.63) is 0 Å². The molecule has 3 aliphatic rings. The lowest BCUT2D eigenvalue weighted by Crippen LogP contribution is -2.49. The van der Waals surface area contributed by atoms with Gasteiger partial charge in [-0.1, -0.05) is 32.6 Å². The largest absolute Gasteiger partial charge is 0.300 e. The summed E-state index contributed by atoms with van der Waals surface area (Å²) in [5.74, 6) is 0.970.